The van der Waals surface area contributed by atoms with Crippen LogP contribution in [-0.2, 0) is 0 Å². The smallest absolute Gasteiger partial charge is 0.106 e. The summed E-state index contributed by atoms with van der Waals surface area (Å²) in [5, 5.41) is 0. The van der Waals surface area contributed by atoms with Gasteiger partial charge in [-0.15, -0.1) is 26.3 Å². The van der Waals surface area contributed by atoms with Crippen molar-refractivity contribution < 1.29 is 0 Å². The lowest BCUT2D eigenvalue weighted by molar-refractivity contribution is 1.62. The molecule has 98 valence electrons. The molecule has 1 aromatic carbocycles. The van der Waals surface area contributed by atoms with Gasteiger partial charge in [0.2, 0.25) is 0 Å². The summed E-state index contributed by atoms with van der Waals surface area (Å²) in [5.41, 5.74) is 9.83. The molecule has 19 heavy (non-hydrogen) atoms. The van der Waals surface area contributed by atoms with Gasteiger partial charge in [-0.2, -0.15) is 0 Å². The van der Waals surface area contributed by atoms with E-state index in [1.54, 1.807) is 0 Å². The molecular weight excluding hydrogens is 244 g/mol. The van der Waals surface area contributed by atoms with E-state index in [4.69, 9.17) is 0 Å². The Morgan fingerprint density at radius 2 is 0.947 bits per heavy atom. The first-order chi connectivity index (χ1) is 9.12. The molecule has 0 aliphatic heterocycles. The first-order valence-corrected chi connectivity index (χ1v) is 8.32. The van der Waals surface area contributed by atoms with Crippen LogP contribution in [0.5, 0.6) is 0 Å². The molecular formula is C18H22Si. The maximum Gasteiger partial charge on any atom is 0.148 e. The lowest BCUT2D eigenvalue weighted by atomic mass is 10.1. The molecule has 0 aliphatic rings. The molecule has 0 atom stereocenters. The van der Waals surface area contributed by atoms with E-state index in [1.807, 2.05) is 59.2 Å². The third-order valence-corrected chi connectivity index (χ3v) is 5.68. The maximum atomic E-state index is 3.69. The molecule has 0 saturated carbocycles. The SMILES string of the molecule is C=C[Si](C=C)(C=C)C=C.C=Cc1ccccc1C=C. The van der Waals surface area contributed by atoms with E-state index in [2.05, 4.69) is 39.5 Å². The second-order valence-corrected chi connectivity index (χ2v) is 7.49. The predicted octanol–water partition coefficient (Wildman–Crippen LogP) is 5.31. The minimum atomic E-state index is -1.64. The van der Waals surface area contributed by atoms with Gasteiger partial charge in [0.1, 0.15) is 8.07 Å². The van der Waals surface area contributed by atoms with Gasteiger partial charge in [0.15, 0.2) is 0 Å². The van der Waals surface area contributed by atoms with E-state index in [9.17, 15) is 0 Å². The maximum absolute atomic E-state index is 3.69. The number of hydrogen-bond donors (Lipinski definition) is 0. The highest BCUT2D eigenvalue weighted by molar-refractivity contribution is 6.97. The van der Waals surface area contributed by atoms with Crippen molar-refractivity contribution in [2.24, 2.45) is 0 Å². The largest absolute Gasteiger partial charge is 0.148 e. The predicted molar refractivity (Wildman–Crippen MR) is 93.2 cm³/mol. The van der Waals surface area contributed by atoms with Crippen LogP contribution in [0, 0.1) is 0 Å². The van der Waals surface area contributed by atoms with Gasteiger partial charge in [-0.1, -0.05) is 72.4 Å². The van der Waals surface area contributed by atoms with Gasteiger partial charge in [-0.25, -0.2) is 0 Å². The topological polar surface area (TPSA) is 0 Å². The molecule has 0 fully saturated rings. The third kappa shape index (κ3) is 4.94. The lowest BCUT2D eigenvalue weighted by Crippen LogP contribution is -2.22. The van der Waals surface area contributed by atoms with Gasteiger partial charge in [0.05, 0.1) is 0 Å². The molecule has 0 N–H and O–H groups in total. The fourth-order valence-electron chi connectivity index (χ4n) is 1.38. The Labute approximate surface area is 118 Å². The zero-order valence-electron chi connectivity index (χ0n) is 11.5. The molecule has 1 heteroatoms. The van der Waals surface area contributed by atoms with E-state index in [0.717, 1.165) is 11.1 Å². The molecule has 0 aromatic heterocycles. The van der Waals surface area contributed by atoms with Crippen LogP contribution in [0.3, 0.4) is 0 Å². The Morgan fingerprint density at radius 3 is 1.11 bits per heavy atom. The summed E-state index contributed by atoms with van der Waals surface area (Å²) in [5.74, 6) is 0. The highest BCUT2D eigenvalue weighted by atomic mass is 28.3. The van der Waals surface area contributed by atoms with Crippen LogP contribution in [0.15, 0.2) is 86.5 Å². The van der Waals surface area contributed by atoms with Gasteiger partial charge in [0, 0.05) is 0 Å². The minimum Gasteiger partial charge on any atom is -0.106 e. The zero-order chi connectivity index (χ0) is 14.7. The average Bonchev–Trinajstić information content (AvgIpc) is 2.50. The first-order valence-electron chi connectivity index (χ1n) is 6.01. The van der Waals surface area contributed by atoms with Crippen molar-refractivity contribution >= 4 is 20.2 Å². The standard InChI is InChI=1S/C10H10.C8H12Si/c1-3-9-7-5-6-8-10(9)4-2;1-5-9(6-2,7-3)8-4/h3-8H,1-2H2;5-8H,1-4H2. The van der Waals surface area contributed by atoms with Crippen LogP contribution < -0.4 is 0 Å². The van der Waals surface area contributed by atoms with Crippen LogP contribution in [-0.4, -0.2) is 8.07 Å². The van der Waals surface area contributed by atoms with Crippen molar-refractivity contribution in [2.75, 3.05) is 0 Å². The summed E-state index contributed by atoms with van der Waals surface area (Å²) < 4.78 is 0. The molecule has 0 bridgehead atoms. The number of hydrogen-bond acceptors (Lipinski definition) is 0. The Morgan fingerprint density at radius 1 is 0.632 bits per heavy atom. The molecule has 0 unspecified atom stereocenters. The van der Waals surface area contributed by atoms with E-state index in [-0.39, 0.29) is 0 Å². The fourth-order valence-corrected chi connectivity index (χ4v) is 2.38. The molecule has 0 saturated heterocycles. The zero-order valence-corrected chi connectivity index (χ0v) is 12.5. The summed E-state index contributed by atoms with van der Waals surface area (Å²) in [7, 11) is -1.64. The highest BCUT2D eigenvalue weighted by Gasteiger charge is 2.14. The third-order valence-electron chi connectivity index (χ3n) is 2.85. The summed E-state index contributed by atoms with van der Waals surface area (Å²) in [4.78, 5) is 0. The van der Waals surface area contributed by atoms with Crippen LogP contribution in [0.4, 0.5) is 0 Å². The number of rotatable bonds is 6. The molecule has 0 radical (unpaired) electrons. The van der Waals surface area contributed by atoms with E-state index in [1.165, 1.54) is 0 Å². The van der Waals surface area contributed by atoms with Gasteiger partial charge < -0.3 is 0 Å². The molecule has 1 aromatic rings. The minimum absolute atomic E-state index is 1.14. The first kappa shape index (κ1) is 16.9. The second kappa shape index (κ2) is 8.89. The van der Waals surface area contributed by atoms with Gasteiger partial charge in [-0.05, 0) is 11.1 Å². The van der Waals surface area contributed by atoms with Crippen LogP contribution in [0.25, 0.3) is 12.2 Å². The van der Waals surface area contributed by atoms with Crippen molar-refractivity contribution in [3.8, 4) is 0 Å². The number of benzene rings is 1. The highest BCUT2D eigenvalue weighted by Crippen LogP contribution is 2.10. The van der Waals surface area contributed by atoms with Crippen molar-refractivity contribution in [2.45, 2.75) is 0 Å². The average molecular weight is 266 g/mol. The summed E-state index contributed by atoms with van der Waals surface area (Å²) in [6.07, 6.45) is 3.66. The van der Waals surface area contributed by atoms with Crippen LogP contribution in [0.1, 0.15) is 11.1 Å². The molecule has 0 aliphatic carbocycles. The molecule has 1 rings (SSSR count). The lowest BCUT2D eigenvalue weighted by Gasteiger charge is -2.11. The van der Waals surface area contributed by atoms with Crippen molar-refractivity contribution in [3.63, 3.8) is 0 Å². The van der Waals surface area contributed by atoms with Crippen molar-refractivity contribution in [1.82, 2.24) is 0 Å². The van der Waals surface area contributed by atoms with Crippen LogP contribution >= 0.6 is 0 Å². The molecule has 0 heterocycles. The van der Waals surface area contributed by atoms with Crippen molar-refractivity contribution in [1.29, 1.82) is 0 Å². The Kier molecular flexibility index (Phi) is 7.90. The fraction of sp³-hybridized carbons (Fsp3) is 0. The van der Waals surface area contributed by atoms with E-state index < -0.39 is 8.07 Å². The summed E-state index contributed by atoms with van der Waals surface area (Å²) in [6, 6.07) is 8.02. The summed E-state index contributed by atoms with van der Waals surface area (Å²) in [6.45, 7) is 22.2. The normalized spacial score (nSPS) is 9.26. The summed E-state index contributed by atoms with van der Waals surface area (Å²) >= 11 is 0. The molecule has 0 nitrogen and oxygen atoms in total. The van der Waals surface area contributed by atoms with E-state index >= 15 is 0 Å². The Balaban J connectivity index is 0.000000344. The monoisotopic (exact) mass is 266 g/mol. The Bertz CT molecular complexity index is 416. The molecule has 0 amide bonds. The van der Waals surface area contributed by atoms with Gasteiger partial charge in [-0.3, -0.25) is 0 Å². The van der Waals surface area contributed by atoms with Gasteiger partial charge in [0.25, 0.3) is 0 Å². The van der Waals surface area contributed by atoms with Crippen molar-refractivity contribution in [3.05, 3.63) is 97.7 Å². The Hall–Kier alpha value is -2.12. The second-order valence-electron chi connectivity index (χ2n) is 3.85. The molecule has 0 spiro atoms. The quantitative estimate of drug-likeness (QED) is 0.612. The van der Waals surface area contributed by atoms with Crippen LogP contribution in [0.2, 0.25) is 0 Å². The van der Waals surface area contributed by atoms with Gasteiger partial charge >= 0.3 is 0 Å². The van der Waals surface area contributed by atoms with E-state index in [0.29, 0.717) is 0 Å².